The zero-order valence-corrected chi connectivity index (χ0v) is 15.5. The van der Waals surface area contributed by atoms with Crippen LogP contribution in [0, 0.1) is 26.7 Å². The molecule has 128 valence electrons. The third kappa shape index (κ3) is 4.53. The second kappa shape index (κ2) is 8.23. The number of hydrogen-bond acceptors (Lipinski definition) is 4. The molecule has 5 heteroatoms. The van der Waals surface area contributed by atoms with Crippen LogP contribution in [0.5, 0.6) is 0 Å². The molecule has 0 bridgehead atoms. The van der Waals surface area contributed by atoms with Crippen LogP contribution in [0.2, 0.25) is 0 Å². The predicted octanol–water partition coefficient (Wildman–Crippen LogP) is 4.80. The molecule has 0 heterocycles. The molecule has 1 saturated carbocycles. The molecule has 0 aromatic heterocycles. The Balaban J connectivity index is 2.30. The predicted molar refractivity (Wildman–Crippen MR) is 92.4 cm³/mol. The molecule has 1 aliphatic carbocycles. The largest absolute Gasteiger partial charge is 0.319 e. The van der Waals surface area contributed by atoms with Gasteiger partial charge in [0.05, 0.1) is 6.61 Å². The van der Waals surface area contributed by atoms with E-state index in [1.165, 1.54) is 0 Å². The fourth-order valence-electron chi connectivity index (χ4n) is 3.59. The molecule has 0 aliphatic heterocycles. The van der Waals surface area contributed by atoms with E-state index in [9.17, 15) is 9.36 Å². The van der Waals surface area contributed by atoms with E-state index in [0.29, 0.717) is 12.2 Å². The molecule has 2 rings (SSSR count). The number of carbonyl (C=O) groups excluding carboxylic acids is 1. The van der Waals surface area contributed by atoms with Gasteiger partial charge in [-0.05, 0) is 57.6 Å². The van der Waals surface area contributed by atoms with Crippen molar-refractivity contribution in [3.05, 3.63) is 34.4 Å². The summed E-state index contributed by atoms with van der Waals surface area (Å²) in [6, 6.07) is 4.02. The average molecular weight is 338 g/mol. The molecular formula is C18H27O4P. The molecule has 2 atom stereocenters. The molecule has 0 saturated heterocycles. The minimum absolute atomic E-state index is 0.0510. The van der Waals surface area contributed by atoms with E-state index in [2.05, 4.69) is 0 Å². The highest BCUT2D eigenvalue weighted by molar-refractivity contribution is 7.33. The van der Waals surface area contributed by atoms with Crippen molar-refractivity contribution < 1.29 is 18.4 Å². The van der Waals surface area contributed by atoms with Gasteiger partial charge < -0.3 is 4.52 Å². The lowest BCUT2D eigenvalue weighted by Gasteiger charge is -2.24. The summed E-state index contributed by atoms with van der Waals surface area (Å²) in [5.74, 6) is 0.0852. The minimum atomic E-state index is -2.63. The van der Waals surface area contributed by atoms with Crippen molar-refractivity contribution >= 4 is 14.0 Å². The van der Waals surface area contributed by atoms with Gasteiger partial charge in [0.2, 0.25) is 0 Å². The second-order valence-corrected chi connectivity index (χ2v) is 7.43. The van der Waals surface area contributed by atoms with E-state index < -0.39 is 14.4 Å². The molecule has 1 fully saturated rings. The Bertz CT molecular complexity index is 568. The van der Waals surface area contributed by atoms with Crippen molar-refractivity contribution in [1.29, 1.82) is 0 Å². The Morgan fingerprint density at radius 1 is 1.22 bits per heavy atom. The summed E-state index contributed by atoms with van der Waals surface area (Å²) in [5.41, 5.74) is 3.75. The number of ketones is 1. The first-order valence-corrected chi connectivity index (χ1v) is 9.62. The molecule has 0 amide bonds. The molecule has 2 unspecified atom stereocenters. The maximum absolute atomic E-state index is 13.1. The first-order chi connectivity index (χ1) is 10.9. The SMILES string of the molecule is CCO[PH](=O)OC(C(=O)c1c(C)cc(C)cc1C)C1CCCC1. The molecule has 1 aromatic rings. The highest BCUT2D eigenvalue weighted by Crippen LogP contribution is 2.37. The van der Waals surface area contributed by atoms with Crippen LogP contribution in [0.1, 0.15) is 59.7 Å². The van der Waals surface area contributed by atoms with E-state index in [-0.39, 0.29) is 11.7 Å². The standard InChI is InChI=1S/C18H27O4P/c1-5-21-23(20)22-18(15-8-6-7-9-15)17(19)16-13(3)10-12(2)11-14(16)4/h10-11,15,18,23H,5-9H2,1-4H3. The summed E-state index contributed by atoms with van der Waals surface area (Å²) < 4.78 is 22.6. The van der Waals surface area contributed by atoms with Gasteiger partial charge >= 0.3 is 8.25 Å². The third-order valence-corrected chi connectivity index (χ3v) is 5.47. The molecule has 1 aromatic carbocycles. The van der Waals surface area contributed by atoms with Gasteiger partial charge in [-0.1, -0.05) is 30.5 Å². The first kappa shape index (κ1) is 18.4. The van der Waals surface area contributed by atoms with E-state index in [0.717, 1.165) is 42.4 Å². The molecule has 4 nitrogen and oxygen atoms in total. The minimum Gasteiger partial charge on any atom is -0.311 e. The van der Waals surface area contributed by atoms with Crippen molar-refractivity contribution in [2.45, 2.75) is 59.5 Å². The second-order valence-electron chi connectivity index (χ2n) is 6.40. The summed E-state index contributed by atoms with van der Waals surface area (Å²) in [6.07, 6.45) is 3.43. The van der Waals surface area contributed by atoms with E-state index in [1.54, 1.807) is 6.92 Å². The quantitative estimate of drug-likeness (QED) is 0.529. The van der Waals surface area contributed by atoms with Gasteiger partial charge in [0.25, 0.3) is 0 Å². The summed E-state index contributed by atoms with van der Waals surface area (Å²) in [5, 5.41) is 0. The van der Waals surface area contributed by atoms with Gasteiger partial charge in [-0.25, -0.2) is 0 Å². The Labute approximate surface area is 139 Å². The highest BCUT2D eigenvalue weighted by Gasteiger charge is 2.34. The van der Waals surface area contributed by atoms with Crippen LogP contribution in [0.3, 0.4) is 0 Å². The monoisotopic (exact) mass is 338 g/mol. The van der Waals surface area contributed by atoms with Crippen LogP contribution in [0.15, 0.2) is 12.1 Å². The number of benzene rings is 1. The number of rotatable bonds is 7. The maximum Gasteiger partial charge on any atom is 0.319 e. The van der Waals surface area contributed by atoms with Gasteiger partial charge in [0.15, 0.2) is 5.78 Å². The van der Waals surface area contributed by atoms with Gasteiger partial charge in [0.1, 0.15) is 6.10 Å². The van der Waals surface area contributed by atoms with Gasteiger partial charge in [-0.3, -0.25) is 13.9 Å². The average Bonchev–Trinajstić information content (AvgIpc) is 2.97. The zero-order chi connectivity index (χ0) is 17.0. The van der Waals surface area contributed by atoms with Crippen LogP contribution in [0.4, 0.5) is 0 Å². The van der Waals surface area contributed by atoms with Crippen molar-refractivity contribution in [3.8, 4) is 0 Å². The van der Waals surface area contributed by atoms with Gasteiger partial charge in [-0.15, -0.1) is 0 Å². The summed E-state index contributed by atoms with van der Waals surface area (Å²) in [7, 11) is -2.63. The number of hydrogen-bond donors (Lipinski definition) is 0. The van der Waals surface area contributed by atoms with E-state index >= 15 is 0 Å². The lowest BCUT2D eigenvalue weighted by Crippen LogP contribution is -2.31. The Morgan fingerprint density at radius 2 is 1.78 bits per heavy atom. The number of aryl methyl sites for hydroxylation is 3. The van der Waals surface area contributed by atoms with Crippen LogP contribution in [0.25, 0.3) is 0 Å². The molecular weight excluding hydrogens is 311 g/mol. The van der Waals surface area contributed by atoms with Crippen LogP contribution < -0.4 is 0 Å². The first-order valence-electron chi connectivity index (χ1n) is 8.39. The fourth-order valence-corrected chi connectivity index (χ4v) is 4.40. The van der Waals surface area contributed by atoms with Crippen LogP contribution in [-0.4, -0.2) is 18.5 Å². The maximum atomic E-state index is 13.1. The van der Waals surface area contributed by atoms with Crippen LogP contribution in [-0.2, 0) is 13.6 Å². The lowest BCUT2D eigenvalue weighted by molar-refractivity contribution is 0.0646. The van der Waals surface area contributed by atoms with Crippen LogP contribution >= 0.6 is 8.25 Å². The van der Waals surface area contributed by atoms with Crippen molar-refractivity contribution in [1.82, 2.24) is 0 Å². The Morgan fingerprint density at radius 3 is 2.30 bits per heavy atom. The Hall–Kier alpha value is -0.960. The lowest BCUT2D eigenvalue weighted by atomic mass is 9.88. The normalized spacial score (nSPS) is 18.1. The van der Waals surface area contributed by atoms with Gasteiger partial charge in [-0.2, -0.15) is 0 Å². The zero-order valence-electron chi connectivity index (χ0n) is 14.5. The fraction of sp³-hybridized carbons (Fsp3) is 0.611. The Kier molecular flexibility index (Phi) is 6.58. The molecule has 0 N–H and O–H groups in total. The number of carbonyl (C=O) groups is 1. The summed E-state index contributed by atoms with van der Waals surface area (Å²) in [4.78, 5) is 13.1. The molecule has 23 heavy (non-hydrogen) atoms. The van der Waals surface area contributed by atoms with Crippen molar-refractivity contribution in [2.75, 3.05) is 6.61 Å². The van der Waals surface area contributed by atoms with Gasteiger partial charge in [0, 0.05) is 5.56 Å². The summed E-state index contributed by atoms with van der Waals surface area (Å²) >= 11 is 0. The molecule has 0 spiro atoms. The topological polar surface area (TPSA) is 52.6 Å². The summed E-state index contributed by atoms with van der Waals surface area (Å²) in [6.45, 7) is 8.01. The smallest absolute Gasteiger partial charge is 0.311 e. The van der Waals surface area contributed by atoms with E-state index in [1.807, 2.05) is 32.9 Å². The molecule has 1 aliphatic rings. The molecule has 0 radical (unpaired) electrons. The van der Waals surface area contributed by atoms with E-state index in [4.69, 9.17) is 9.05 Å². The van der Waals surface area contributed by atoms with Crippen molar-refractivity contribution in [2.24, 2.45) is 5.92 Å². The third-order valence-electron chi connectivity index (χ3n) is 4.50. The van der Waals surface area contributed by atoms with Crippen molar-refractivity contribution in [3.63, 3.8) is 0 Å². The highest BCUT2D eigenvalue weighted by atomic mass is 31.1. The number of Topliss-reactive ketones (excluding diaryl/α,β-unsaturated/α-hetero) is 1.